The van der Waals surface area contributed by atoms with Gasteiger partial charge in [0.1, 0.15) is 0 Å². The summed E-state index contributed by atoms with van der Waals surface area (Å²) in [5.74, 6) is -1.35. The summed E-state index contributed by atoms with van der Waals surface area (Å²) in [5.41, 5.74) is 2.65. The molecule has 2 rings (SSSR count). The summed E-state index contributed by atoms with van der Waals surface area (Å²) >= 11 is 0. The van der Waals surface area contributed by atoms with Crippen LogP contribution in [-0.4, -0.2) is 35.9 Å². The van der Waals surface area contributed by atoms with Crippen LogP contribution in [-0.2, 0) is 14.3 Å². The summed E-state index contributed by atoms with van der Waals surface area (Å²) in [6.45, 7) is 6.81. The third-order valence-corrected chi connectivity index (χ3v) is 4.59. The van der Waals surface area contributed by atoms with Gasteiger partial charge < -0.3 is 14.5 Å². The molecule has 0 saturated heterocycles. The fourth-order valence-electron chi connectivity index (χ4n) is 3.06. The van der Waals surface area contributed by atoms with Gasteiger partial charge in [-0.2, -0.15) is 0 Å². The molecular formula is C21H25NO5. The molecular weight excluding hydrogens is 346 g/mol. The Balaban J connectivity index is 2.05. The molecule has 0 unspecified atom stereocenters. The van der Waals surface area contributed by atoms with Crippen LogP contribution in [0.3, 0.4) is 0 Å². The maximum Gasteiger partial charge on any atom is 0.339 e. The third kappa shape index (κ3) is 4.64. The van der Waals surface area contributed by atoms with Crippen LogP contribution in [0.15, 0.2) is 30.3 Å². The molecule has 6 heteroatoms. The molecule has 0 amide bonds. The summed E-state index contributed by atoms with van der Waals surface area (Å²) in [6, 6.07) is 9.65. The Morgan fingerprint density at radius 3 is 2.30 bits per heavy atom. The summed E-state index contributed by atoms with van der Waals surface area (Å²) < 4.78 is 10.1. The number of aryl methyl sites for hydroxylation is 1. The number of nitrogens with one attached hydrogen (secondary N) is 1. The molecule has 1 aromatic carbocycles. The Hall–Kier alpha value is -2.89. The molecule has 0 fully saturated rings. The zero-order valence-electron chi connectivity index (χ0n) is 16.3. The van der Waals surface area contributed by atoms with Gasteiger partial charge in [-0.15, -0.1) is 0 Å². The molecule has 0 aliphatic heterocycles. The second kappa shape index (κ2) is 8.66. The first kappa shape index (κ1) is 20.4. The number of ether oxygens (including phenoxy) is 2. The first-order valence-corrected chi connectivity index (χ1v) is 8.82. The highest BCUT2D eigenvalue weighted by Gasteiger charge is 2.27. The number of Topliss-reactive ketones (excluding diaryl/α,β-unsaturated/α-hetero) is 1. The molecule has 1 aromatic heterocycles. The predicted octanol–water partition coefficient (Wildman–Crippen LogP) is 3.73. The standard InChI is InChI=1S/C21H25NO5/c1-12(16-9-7-6-8-10-16)11-17(23)27-15(4)20(24)19-13(2)18(14(3)22-19)21(25)26-5/h6-10,12,15,22H,11H2,1-5H3/t12-,15-/m1/s1. The molecule has 2 atom stereocenters. The number of carbonyl (C=O) groups excluding carboxylic acids is 3. The van der Waals surface area contributed by atoms with E-state index >= 15 is 0 Å². The number of rotatable bonds is 7. The van der Waals surface area contributed by atoms with E-state index in [4.69, 9.17) is 9.47 Å². The van der Waals surface area contributed by atoms with Gasteiger partial charge in [-0.05, 0) is 37.8 Å². The Bertz CT molecular complexity index is 838. The second-order valence-electron chi connectivity index (χ2n) is 6.63. The Morgan fingerprint density at radius 1 is 1.07 bits per heavy atom. The lowest BCUT2D eigenvalue weighted by atomic mass is 9.98. The maximum atomic E-state index is 12.7. The minimum atomic E-state index is -0.956. The number of aromatic nitrogens is 1. The maximum absolute atomic E-state index is 12.7. The topological polar surface area (TPSA) is 85.5 Å². The number of hydrogen-bond acceptors (Lipinski definition) is 5. The van der Waals surface area contributed by atoms with Crippen LogP contribution in [0.4, 0.5) is 0 Å². The van der Waals surface area contributed by atoms with Crippen molar-refractivity contribution in [3.8, 4) is 0 Å². The molecule has 27 heavy (non-hydrogen) atoms. The number of benzene rings is 1. The SMILES string of the molecule is COC(=O)c1c(C)[nH]c(C(=O)[C@@H](C)OC(=O)C[C@@H](C)c2ccccc2)c1C. The lowest BCUT2D eigenvalue weighted by Crippen LogP contribution is -2.26. The van der Waals surface area contributed by atoms with Crippen molar-refractivity contribution in [1.29, 1.82) is 0 Å². The van der Waals surface area contributed by atoms with Crippen molar-refractivity contribution >= 4 is 17.7 Å². The lowest BCUT2D eigenvalue weighted by molar-refractivity contribution is -0.146. The number of carbonyl (C=O) groups is 3. The van der Waals surface area contributed by atoms with Crippen LogP contribution in [0.2, 0.25) is 0 Å². The van der Waals surface area contributed by atoms with Gasteiger partial charge in [-0.3, -0.25) is 9.59 Å². The number of methoxy groups -OCH3 is 1. The summed E-state index contributed by atoms with van der Waals surface area (Å²) in [5, 5.41) is 0. The first-order chi connectivity index (χ1) is 12.8. The van der Waals surface area contributed by atoms with Gasteiger partial charge in [0.2, 0.25) is 5.78 Å². The molecule has 1 heterocycles. The molecule has 0 aliphatic rings. The quantitative estimate of drug-likeness (QED) is 0.592. The number of esters is 2. The van der Waals surface area contributed by atoms with Crippen LogP contribution >= 0.6 is 0 Å². The molecule has 1 N–H and O–H groups in total. The van der Waals surface area contributed by atoms with E-state index in [0.29, 0.717) is 16.8 Å². The molecule has 0 radical (unpaired) electrons. The fourth-order valence-corrected chi connectivity index (χ4v) is 3.06. The Morgan fingerprint density at radius 2 is 1.70 bits per heavy atom. The van der Waals surface area contributed by atoms with Crippen molar-refractivity contribution in [1.82, 2.24) is 4.98 Å². The van der Waals surface area contributed by atoms with E-state index in [0.717, 1.165) is 5.56 Å². The van der Waals surface area contributed by atoms with Crippen molar-refractivity contribution in [2.24, 2.45) is 0 Å². The molecule has 144 valence electrons. The van der Waals surface area contributed by atoms with Gasteiger partial charge >= 0.3 is 11.9 Å². The fraction of sp³-hybridized carbons (Fsp3) is 0.381. The molecule has 0 saturated carbocycles. The van der Waals surface area contributed by atoms with E-state index < -0.39 is 18.0 Å². The van der Waals surface area contributed by atoms with Crippen molar-refractivity contribution in [3.05, 3.63) is 58.4 Å². The van der Waals surface area contributed by atoms with Crippen LogP contribution in [0.25, 0.3) is 0 Å². The number of H-pyrrole nitrogens is 1. The number of aromatic amines is 1. The van der Waals surface area contributed by atoms with Crippen molar-refractivity contribution in [2.45, 2.75) is 46.1 Å². The van der Waals surface area contributed by atoms with Gasteiger partial charge in [0.15, 0.2) is 6.10 Å². The average molecular weight is 371 g/mol. The minimum absolute atomic E-state index is 0.0126. The Kier molecular flexibility index (Phi) is 6.55. The Labute approximate surface area is 158 Å². The van der Waals surface area contributed by atoms with E-state index in [1.54, 1.807) is 13.8 Å². The molecule has 0 spiro atoms. The summed E-state index contributed by atoms with van der Waals surface area (Å²) in [6.07, 6.45) is -0.777. The monoisotopic (exact) mass is 371 g/mol. The highest BCUT2D eigenvalue weighted by atomic mass is 16.5. The average Bonchev–Trinajstić information content (AvgIpc) is 2.95. The van der Waals surface area contributed by atoms with Crippen molar-refractivity contribution < 1.29 is 23.9 Å². The van der Waals surface area contributed by atoms with E-state index in [-0.39, 0.29) is 23.8 Å². The van der Waals surface area contributed by atoms with E-state index in [1.807, 2.05) is 37.3 Å². The van der Waals surface area contributed by atoms with Crippen LogP contribution in [0.5, 0.6) is 0 Å². The highest BCUT2D eigenvalue weighted by molar-refractivity contribution is 6.03. The predicted molar refractivity (Wildman–Crippen MR) is 101 cm³/mol. The number of ketones is 1. The normalized spacial score (nSPS) is 12.9. The molecule has 0 bridgehead atoms. The van der Waals surface area contributed by atoms with Gasteiger partial charge in [0, 0.05) is 5.69 Å². The largest absolute Gasteiger partial charge is 0.465 e. The van der Waals surface area contributed by atoms with Crippen molar-refractivity contribution in [3.63, 3.8) is 0 Å². The minimum Gasteiger partial charge on any atom is -0.465 e. The molecule has 6 nitrogen and oxygen atoms in total. The third-order valence-electron chi connectivity index (χ3n) is 4.59. The summed E-state index contributed by atoms with van der Waals surface area (Å²) in [4.78, 5) is 39.7. The second-order valence-corrected chi connectivity index (χ2v) is 6.63. The smallest absolute Gasteiger partial charge is 0.339 e. The highest BCUT2D eigenvalue weighted by Crippen LogP contribution is 2.22. The number of hydrogen-bond donors (Lipinski definition) is 1. The van der Waals surface area contributed by atoms with Crippen LogP contribution < -0.4 is 0 Å². The summed E-state index contributed by atoms with van der Waals surface area (Å²) in [7, 11) is 1.29. The zero-order chi connectivity index (χ0) is 20.1. The van der Waals surface area contributed by atoms with E-state index in [9.17, 15) is 14.4 Å². The zero-order valence-corrected chi connectivity index (χ0v) is 16.3. The van der Waals surface area contributed by atoms with Gasteiger partial charge in [-0.25, -0.2) is 4.79 Å². The molecule has 2 aromatic rings. The molecule has 0 aliphatic carbocycles. The first-order valence-electron chi connectivity index (χ1n) is 8.82. The van der Waals surface area contributed by atoms with Crippen LogP contribution in [0.1, 0.15) is 63.9 Å². The van der Waals surface area contributed by atoms with E-state index in [2.05, 4.69) is 4.98 Å². The van der Waals surface area contributed by atoms with Crippen molar-refractivity contribution in [2.75, 3.05) is 7.11 Å². The van der Waals surface area contributed by atoms with Gasteiger partial charge in [0.05, 0.1) is 24.8 Å². The van der Waals surface area contributed by atoms with E-state index in [1.165, 1.54) is 14.0 Å². The lowest BCUT2D eigenvalue weighted by Gasteiger charge is -2.15. The van der Waals surface area contributed by atoms with Gasteiger partial charge in [0.25, 0.3) is 0 Å². The van der Waals surface area contributed by atoms with Crippen LogP contribution in [0, 0.1) is 13.8 Å². The van der Waals surface area contributed by atoms with Gasteiger partial charge in [-0.1, -0.05) is 37.3 Å².